The minimum Gasteiger partial charge on any atom is -0.282 e. The molecule has 0 saturated carbocycles. The highest BCUT2D eigenvalue weighted by molar-refractivity contribution is 9.12. The summed E-state index contributed by atoms with van der Waals surface area (Å²) in [5.74, 6) is -0.0556. The van der Waals surface area contributed by atoms with E-state index in [9.17, 15) is 4.79 Å². The van der Waals surface area contributed by atoms with Gasteiger partial charge in [0.05, 0.1) is 6.21 Å². The second-order valence-electron chi connectivity index (χ2n) is 5.00. The third-order valence-corrected chi connectivity index (χ3v) is 3.34. The zero-order valence-corrected chi connectivity index (χ0v) is 14.0. The predicted molar refractivity (Wildman–Crippen MR) is 92.0 cm³/mol. The van der Waals surface area contributed by atoms with Gasteiger partial charge in [-0.15, -0.1) is 0 Å². The predicted octanol–water partition coefficient (Wildman–Crippen LogP) is 3.68. The topological polar surface area (TPSA) is 70.1 Å². The van der Waals surface area contributed by atoms with Gasteiger partial charge >= 0.3 is 0 Å². The van der Waals surface area contributed by atoms with Crippen LogP contribution in [0.1, 0.15) is 41.5 Å². The van der Waals surface area contributed by atoms with Crippen molar-refractivity contribution in [3.63, 3.8) is 0 Å². The van der Waals surface area contributed by atoms with Crippen molar-refractivity contribution in [3.05, 3.63) is 57.8 Å². The van der Waals surface area contributed by atoms with Crippen molar-refractivity contribution < 1.29 is 4.79 Å². The SMILES string of the molecule is CC(C)c1cc(C(=O)NN=C/C(Br)=C/c2ccccc2)n[nH]1. The second-order valence-corrected chi connectivity index (χ2v) is 5.92. The minimum atomic E-state index is -0.348. The monoisotopic (exact) mass is 360 g/mol. The van der Waals surface area contributed by atoms with Gasteiger partial charge in [0.15, 0.2) is 5.69 Å². The number of hydrogen-bond acceptors (Lipinski definition) is 3. The Morgan fingerprint density at radius 1 is 1.36 bits per heavy atom. The summed E-state index contributed by atoms with van der Waals surface area (Å²) in [6.07, 6.45) is 3.43. The van der Waals surface area contributed by atoms with Gasteiger partial charge in [-0.1, -0.05) is 44.2 Å². The quantitative estimate of drug-likeness (QED) is 0.630. The van der Waals surface area contributed by atoms with E-state index in [2.05, 4.69) is 36.7 Å². The smallest absolute Gasteiger partial charge is 0.282 e. The molecule has 0 radical (unpaired) electrons. The molecule has 114 valence electrons. The molecule has 0 aliphatic carbocycles. The van der Waals surface area contributed by atoms with E-state index in [1.54, 1.807) is 6.07 Å². The van der Waals surface area contributed by atoms with Crippen molar-refractivity contribution in [2.45, 2.75) is 19.8 Å². The van der Waals surface area contributed by atoms with Crippen molar-refractivity contribution in [2.24, 2.45) is 5.10 Å². The molecule has 0 bridgehead atoms. The third-order valence-electron chi connectivity index (χ3n) is 2.91. The van der Waals surface area contributed by atoms with E-state index in [0.29, 0.717) is 11.6 Å². The van der Waals surface area contributed by atoms with E-state index < -0.39 is 0 Å². The highest BCUT2D eigenvalue weighted by atomic mass is 79.9. The number of hydrogen-bond donors (Lipinski definition) is 2. The largest absolute Gasteiger partial charge is 0.291 e. The lowest BCUT2D eigenvalue weighted by molar-refractivity contribution is 0.0950. The first-order valence-corrected chi connectivity index (χ1v) is 7.66. The number of carbonyl (C=O) groups is 1. The molecule has 0 spiro atoms. The first-order valence-electron chi connectivity index (χ1n) is 6.87. The average molecular weight is 361 g/mol. The summed E-state index contributed by atoms with van der Waals surface area (Å²) < 4.78 is 0.754. The lowest BCUT2D eigenvalue weighted by Gasteiger charge is -1.97. The standard InChI is InChI=1S/C16H17BrN4O/c1-11(2)14-9-15(20-19-14)16(22)21-18-10-13(17)8-12-6-4-3-5-7-12/h3-11H,1-2H3,(H,19,20)(H,21,22)/b13-8-,18-10?. The van der Waals surface area contributed by atoms with Gasteiger partial charge in [0, 0.05) is 10.2 Å². The zero-order chi connectivity index (χ0) is 15.9. The maximum Gasteiger partial charge on any atom is 0.291 e. The highest BCUT2D eigenvalue weighted by Crippen LogP contribution is 2.12. The van der Waals surface area contributed by atoms with Gasteiger partial charge < -0.3 is 0 Å². The van der Waals surface area contributed by atoms with Crippen LogP contribution in [0.3, 0.4) is 0 Å². The van der Waals surface area contributed by atoms with E-state index in [-0.39, 0.29) is 5.91 Å². The van der Waals surface area contributed by atoms with Crippen LogP contribution in [0.4, 0.5) is 0 Å². The summed E-state index contributed by atoms with van der Waals surface area (Å²) in [6, 6.07) is 11.5. The zero-order valence-electron chi connectivity index (χ0n) is 12.4. The molecular formula is C16H17BrN4O. The van der Waals surface area contributed by atoms with Crippen molar-refractivity contribution in [2.75, 3.05) is 0 Å². The number of rotatable bonds is 5. The lowest BCUT2D eigenvalue weighted by atomic mass is 10.1. The molecular weight excluding hydrogens is 344 g/mol. The molecule has 0 atom stereocenters. The fourth-order valence-electron chi connectivity index (χ4n) is 1.70. The van der Waals surface area contributed by atoms with Gasteiger partial charge in [-0.3, -0.25) is 9.89 Å². The molecule has 0 unspecified atom stereocenters. The summed E-state index contributed by atoms with van der Waals surface area (Å²) in [5.41, 5.74) is 4.73. The fourth-order valence-corrected chi connectivity index (χ4v) is 2.07. The minimum absolute atomic E-state index is 0.292. The van der Waals surface area contributed by atoms with Crippen LogP contribution >= 0.6 is 15.9 Å². The molecule has 2 N–H and O–H groups in total. The number of allylic oxidation sites excluding steroid dienone is 1. The first kappa shape index (κ1) is 16.2. The first-order chi connectivity index (χ1) is 10.6. The maximum absolute atomic E-state index is 11.9. The van der Waals surface area contributed by atoms with Gasteiger partial charge in [-0.2, -0.15) is 10.2 Å². The molecule has 6 heteroatoms. The molecule has 0 fully saturated rings. The number of carbonyl (C=O) groups excluding carboxylic acids is 1. The normalized spacial score (nSPS) is 12.1. The highest BCUT2D eigenvalue weighted by Gasteiger charge is 2.10. The van der Waals surface area contributed by atoms with Crippen molar-refractivity contribution >= 4 is 34.1 Å². The molecule has 1 heterocycles. The third kappa shape index (κ3) is 4.66. The average Bonchev–Trinajstić information content (AvgIpc) is 2.98. The molecule has 1 aromatic heterocycles. The molecule has 2 rings (SSSR count). The Morgan fingerprint density at radius 3 is 2.73 bits per heavy atom. The lowest BCUT2D eigenvalue weighted by Crippen LogP contribution is -2.17. The molecule has 0 saturated heterocycles. The number of aromatic amines is 1. The van der Waals surface area contributed by atoms with Gasteiger partial charge in [0.1, 0.15) is 0 Å². The van der Waals surface area contributed by atoms with Crippen LogP contribution in [0.5, 0.6) is 0 Å². The molecule has 2 aromatic rings. The van der Waals surface area contributed by atoms with Gasteiger partial charge in [-0.05, 0) is 39.6 Å². The number of hydrazone groups is 1. The Bertz CT molecular complexity index is 689. The van der Waals surface area contributed by atoms with Crippen LogP contribution in [0.25, 0.3) is 6.08 Å². The van der Waals surface area contributed by atoms with Crippen LogP contribution < -0.4 is 5.43 Å². The molecule has 22 heavy (non-hydrogen) atoms. The summed E-state index contributed by atoms with van der Waals surface area (Å²) in [6.45, 7) is 4.05. The Hall–Kier alpha value is -2.21. The fraction of sp³-hybridized carbons (Fsp3) is 0.188. The van der Waals surface area contributed by atoms with Gasteiger partial charge in [0.25, 0.3) is 5.91 Å². The van der Waals surface area contributed by atoms with Gasteiger partial charge in [-0.25, -0.2) is 5.43 Å². The number of H-pyrrole nitrogens is 1. The van der Waals surface area contributed by atoms with Crippen LogP contribution in [-0.2, 0) is 0 Å². The van der Waals surface area contributed by atoms with E-state index in [1.165, 1.54) is 6.21 Å². The van der Waals surface area contributed by atoms with Crippen LogP contribution in [-0.4, -0.2) is 22.3 Å². The van der Waals surface area contributed by atoms with Crippen molar-refractivity contribution in [1.82, 2.24) is 15.6 Å². The molecule has 5 nitrogen and oxygen atoms in total. The second kappa shape index (κ2) is 7.70. The summed E-state index contributed by atoms with van der Waals surface area (Å²) in [5, 5.41) is 10.7. The number of amides is 1. The number of nitrogens with one attached hydrogen (secondary N) is 2. The summed E-state index contributed by atoms with van der Waals surface area (Å²) in [7, 11) is 0. The number of halogens is 1. The molecule has 1 amide bonds. The van der Waals surface area contributed by atoms with E-state index >= 15 is 0 Å². The number of aromatic nitrogens is 2. The Morgan fingerprint density at radius 2 is 2.09 bits per heavy atom. The van der Waals surface area contributed by atoms with E-state index in [4.69, 9.17) is 0 Å². The van der Waals surface area contributed by atoms with Crippen LogP contribution in [0.15, 0.2) is 46.0 Å². The van der Waals surface area contributed by atoms with E-state index in [0.717, 1.165) is 15.7 Å². The van der Waals surface area contributed by atoms with E-state index in [1.807, 2.05) is 50.3 Å². The van der Waals surface area contributed by atoms with Crippen molar-refractivity contribution in [3.8, 4) is 0 Å². The molecule has 1 aromatic carbocycles. The van der Waals surface area contributed by atoms with Crippen LogP contribution in [0.2, 0.25) is 0 Å². The summed E-state index contributed by atoms with van der Waals surface area (Å²) >= 11 is 3.38. The Balaban J connectivity index is 1.93. The Labute approximate surface area is 137 Å². The maximum atomic E-state index is 11.9. The van der Waals surface area contributed by atoms with Gasteiger partial charge in [0.2, 0.25) is 0 Å². The van der Waals surface area contributed by atoms with Crippen molar-refractivity contribution in [1.29, 1.82) is 0 Å². The van der Waals surface area contributed by atoms with Crippen LogP contribution in [0, 0.1) is 0 Å². The summed E-state index contributed by atoms with van der Waals surface area (Å²) in [4.78, 5) is 11.9. The number of benzene rings is 1. The molecule has 0 aliphatic rings. The molecule has 0 aliphatic heterocycles. The number of nitrogens with zero attached hydrogens (tertiary/aromatic N) is 2. The Kier molecular flexibility index (Phi) is 5.66.